The van der Waals surface area contributed by atoms with Gasteiger partial charge in [0, 0.05) is 12.4 Å². The van der Waals surface area contributed by atoms with Gasteiger partial charge in [-0.2, -0.15) is 10.5 Å². The number of nitrogens with zero attached hydrogens (tertiary/aromatic N) is 2. The molecule has 27 heavy (non-hydrogen) atoms. The van der Waals surface area contributed by atoms with Gasteiger partial charge in [0.15, 0.2) is 9.81 Å². The Labute approximate surface area is 155 Å². The number of esters is 2. The monoisotopic (exact) mass is 402 g/mol. The Bertz CT molecular complexity index is 731. The first-order valence-electron chi connectivity index (χ1n) is 7.08. The Morgan fingerprint density at radius 1 is 0.963 bits per heavy atom. The van der Waals surface area contributed by atoms with Crippen LogP contribution in [0.1, 0.15) is 0 Å². The van der Waals surface area contributed by atoms with Crippen LogP contribution in [0.4, 0.5) is 0 Å². The number of aliphatic hydroxyl groups excluding tert-OH is 2. The first-order chi connectivity index (χ1) is 12.7. The molecule has 0 spiro atoms. The highest BCUT2D eigenvalue weighted by Gasteiger charge is 2.26. The van der Waals surface area contributed by atoms with Crippen LogP contribution in [0.5, 0.6) is 0 Å². The van der Waals surface area contributed by atoms with E-state index in [0.29, 0.717) is 12.4 Å². The SMILES string of the molecule is COC(=O)C(CO)N/C=C(\C#N)S(=O)(=O)/C(C#N)=C/NC(CO)C(=O)OC. The van der Waals surface area contributed by atoms with E-state index < -0.39 is 56.9 Å². The fourth-order valence-electron chi connectivity index (χ4n) is 1.49. The average Bonchev–Trinajstić information content (AvgIpc) is 2.67. The predicted molar refractivity (Wildman–Crippen MR) is 88.4 cm³/mol. The lowest BCUT2D eigenvalue weighted by Gasteiger charge is -2.13. The van der Waals surface area contributed by atoms with Gasteiger partial charge in [-0.25, -0.2) is 18.0 Å². The summed E-state index contributed by atoms with van der Waals surface area (Å²) in [7, 11) is -2.55. The van der Waals surface area contributed by atoms with Crippen molar-refractivity contribution < 1.29 is 37.7 Å². The second kappa shape index (κ2) is 11.5. The molecule has 0 aromatic carbocycles. The quantitative estimate of drug-likeness (QED) is 0.219. The summed E-state index contributed by atoms with van der Waals surface area (Å²) in [6, 6.07) is 0.0225. The molecule has 2 atom stereocenters. The molecule has 0 aromatic heterocycles. The van der Waals surface area contributed by atoms with E-state index in [9.17, 15) is 18.0 Å². The Hall–Kier alpha value is -3.13. The molecule has 0 saturated heterocycles. The molecule has 0 aromatic rings. The predicted octanol–water partition coefficient (Wildman–Crippen LogP) is -2.62. The largest absolute Gasteiger partial charge is 0.467 e. The van der Waals surface area contributed by atoms with Gasteiger partial charge in [0.2, 0.25) is 9.84 Å². The summed E-state index contributed by atoms with van der Waals surface area (Å²) in [5.41, 5.74) is 0. The molecule has 0 fully saturated rings. The van der Waals surface area contributed by atoms with Crippen LogP contribution in [0.15, 0.2) is 22.2 Å². The number of aliphatic hydroxyl groups is 2. The van der Waals surface area contributed by atoms with E-state index in [-0.39, 0.29) is 0 Å². The number of rotatable bonds is 10. The molecule has 0 bridgehead atoms. The summed E-state index contributed by atoms with van der Waals surface area (Å²) in [5, 5.41) is 40.6. The van der Waals surface area contributed by atoms with E-state index in [0.717, 1.165) is 14.2 Å². The van der Waals surface area contributed by atoms with Gasteiger partial charge < -0.3 is 30.3 Å². The topological polar surface area (TPSA) is 199 Å². The van der Waals surface area contributed by atoms with E-state index in [4.69, 9.17) is 20.7 Å². The first-order valence-corrected chi connectivity index (χ1v) is 8.56. The first kappa shape index (κ1) is 23.9. The summed E-state index contributed by atoms with van der Waals surface area (Å²) in [6.07, 6.45) is 1.25. The molecule has 0 amide bonds. The van der Waals surface area contributed by atoms with Crippen LogP contribution in [-0.2, 0) is 28.9 Å². The van der Waals surface area contributed by atoms with Crippen molar-refractivity contribution in [3.63, 3.8) is 0 Å². The summed E-state index contributed by atoms with van der Waals surface area (Å²) in [4.78, 5) is 20.8. The second-order valence-electron chi connectivity index (χ2n) is 4.59. The molecule has 0 radical (unpaired) electrons. The number of nitriles is 2. The maximum atomic E-state index is 12.4. The Kier molecular flexibility index (Phi) is 10.1. The van der Waals surface area contributed by atoms with Gasteiger partial charge in [0.25, 0.3) is 0 Å². The molecular formula is C14H18N4O8S. The van der Waals surface area contributed by atoms with Crippen LogP contribution in [-0.4, -0.2) is 70.1 Å². The fraction of sp³-hybridized carbons (Fsp3) is 0.429. The number of carbonyl (C=O) groups is 2. The third kappa shape index (κ3) is 6.59. The Balaban J connectivity index is 5.68. The second-order valence-corrected chi connectivity index (χ2v) is 6.48. The average molecular weight is 402 g/mol. The van der Waals surface area contributed by atoms with Gasteiger partial charge in [-0.3, -0.25) is 0 Å². The standard InChI is InChI=1S/C14H18N4O8S/c1-25-13(21)11(7-19)17-5-9(3-15)27(23,24)10(4-16)6-18-12(8-20)14(22)26-2/h5-6,11-12,17-20H,7-8H2,1-2H3/b9-5+,10-6+. The summed E-state index contributed by atoms with van der Waals surface area (Å²) < 4.78 is 33.4. The van der Waals surface area contributed by atoms with Crippen LogP contribution in [0.25, 0.3) is 0 Å². The molecule has 0 heterocycles. The van der Waals surface area contributed by atoms with Gasteiger partial charge >= 0.3 is 11.9 Å². The third-order valence-electron chi connectivity index (χ3n) is 2.97. The highest BCUT2D eigenvalue weighted by atomic mass is 32.2. The highest BCUT2D eigenvalue weighted by molar-refractivity contribution is 7.99. The number of methoxy groups -OCH3 is 2. The van der Waals surface area contributed by atoms with E-state index in [1.54, 1.807) is 0 Å². The van der Waals surface area contributed by atoms with Crippen molar-refractivity contribution >= 4 is 21.8 Å². The van der Waals surface area contributed by atoms with E-state index >= 15 is 0 Å². The Morgan fingerprint density at radius 3 is 1.52 bits per heavy atom. The molecular weight excluding hydrogens is 384 g/mol. The summed E-state index contributed by atoms with van der Waals surface area (Å²) >= 11 is 0. The number of allylic oxidation sites excluding steroid dienone is 2. The van der Waals surface area contributed by atoms with Crippen molar-refractivity contribution in [2.24, 2.45) is 0 Å². The highest BCUT2D eigenvalue weighted by Crippen LogP contribution is 2.15. The van der Waals surface area contributed by atoms with Crippen molar-refractivity contribution in [3.05, 3.63) is 22.2 Å². The zero-order chi connectivity index (χ0) is 21.0. The molecule has 13 heteroatoms. The minimum absolute atomic E-state index is 0.627. The number of hydrogen-bond acceptors (Lipinski definition) is 12. The Morgan fingerprint density at radius 2 is 1.30 bits per heavy atom. The van der Waals surface area contributed by atoms with E-state index in [1.165, 1.54) is 12.1 Å². The van der Waals surface area contributed by atoms with Crippen LogP contribution in [0.2, 0.25) is 0 Å². The lowest BCUT2D eigenvalue weighted by Crippen LogP contribution is -2.38. The zero-order valence-corrected chi connectivity index (χ0v) is 15.2. The van der Waals surface area contributed by atoms with Gasteiger partial charge in [-0.15, -0.1) is 0 Å². The minimum Gasteiger partial charge on any atom is -0.467 e. The lowest BCUT2D eigenvalue weighted by molar-refractivity contribution is -0.144. The van der Waals surface area contributed by atoms with Gasteiger partial charge in [-0.05, 0) is 0 Å². The molecule has 12 nitrogen and oxygen atoms in total. The number of carbonyl (C=O) groups excluding carboxylic acids is 2. The minimum atomic E-state index is -4.63. The number of nitrogens with one attached hydrogen (secondary N) is 2. The van der Waals surface area contributed by atoms with Crippen molar-refractivity contribution in [3.8, 4) is 12.1 Å². The van der Waals surface area contributed by atoms with Crippen LogP contribution in [0, 0.1) is 22.7 Å². The van der Waals surface area contributed by atoms with Crippen LogP contribution >= 0.6 is 0 Å². The normalized spacial score (nSPS) is 14.1. The summed E-state index contributed by atoms with van der Waals surface area (Å²) in [5.74, 6) is -1.82. The number of sulfone groups is 1. The maximum absolute atomic E-state index is 12.4. The summed E-state index contributed by atoms with van der Waals surface area (Å²) in [6.45, 7) is -1.50. The molecule has 0 aliphatic carbocycles. The molecule has 0 aliphatic rings. The molecule has 2 unspecified atom stereocenters. The number of hydrogen-bond donors (Lipinski definition) is 4. The van der Waals surface area contributed by atoms with Crippen molar-refractivity contribution in [1.82, 2.24) is 10.6 Å². The van der Waals surface area contributed by atoms with Crippen LogP contribution in [0.3, 0.4) is 0 Å². The van der Waals surface area contributed by atoms with Crippen molar-refractivity contribution in [2.75, 3.05) is 27.4 Å². The zero-order valence-electron chi connectivity index (χ0n) is 14.4. The van der Waals surface area contributed by atoms with E-state index in [1.807, 2.05) is 0 Å². The lowest BCUT2D eigenvalue weighted by atomic mass is 10.3. The van der Waals surface area contributed by atoms with Crippen LogP contribution < -0.4 is 10.6 Å². The van der Waals surface area contributed by atoms with E-state index in [2.05, 4.69) is 20.1 Å². The number of ether oxygens (including phenoxy) is 2. The third-order valence-corrected chi connectivity index (χ3v) is 4.54. The molecule has 0 aliphatic heterocycles. The van der Waals surface area contributed by atoms with Crippen molar-refractivity contribution in [2.45, 2.75) is 12.1 Å². The van der Waals surface area contributed by atoms with Gasteiger partial charge in [0.1, 0.15) is 24.2 Å². The molecule has 148 valence electrons. The smallest absolute Gasteiger partial charge is 0.330 e. The van der Waals surface area contributed by atoms with Gasteiger partial charge in [0.05, 0.1) is 27.4 Å². The molecule has 4 N–H and O–H groups in total. The van der Waals surface area contributed by atoms with Gasteiger partial charge in [-0.1, -0.05) is 0 Å². The fourth-order valence-corrected chi connectivity index (χ4v) is 2.41. The molecule has 0 rings (SSSR count). The molecule has 0 saturated carbocycles. The maximum Gasteiger partial charge on any atom is 0.330 e. The van der Waals surface area contributed by atoms with Crippen molar-refractivity contribution in [1.29, 1.82) is 10.5 Å².